The molecule has 4 N–H and O–H groups in total. The van der Waals surface area contributed by atoms with Crippen LogP contribution in [0.1, 0.15) is 134 Å². The molecule has 5 aliphatic heterocycles. The van der Waals surface area contributed by atoms with Crippen molar-refractivity contribution in [3.05, 3.63) is 179 Å². The van der Waals surface area contributed by atoms with Crippen LogP contribution in [0, 0.1) is 15.5 Å². The van der Waals surface area contributed by atoms with Crippen LogP contribution < -0.4 is 37.9 Å². The molecule has 1 amide bonds. The second kappa shape index (κ2) is 45.1. The number of ether oxygens (including phenoxy) is 4. The van der Waals surface area contributed by atoms with Crippen molar-refractivity contribution in [3.8, 4) is 11.1 Å². The molecule has 9 aromatic rings. The Bertz CT molecular complexity index is 4900. The van der Waals surface area contributed by atoms with E-state index in [1.807, 2.05) is 55.5 Å². The van der Waals surface area contributed by atoms with Crippen molar-refractivity contribution < 1.29 is 28.7 Å². The molecule has 644 valence electrons. The Morgan fingerprint density at radius 3 is 1.46 bits per heavy atom. The zero-order valence-electron chi connectivity index (χ0n) is 65.8. The van der Waals surface area contributed by atoms with E-state index in [0.29, 0.717) is 52.1 Å². The fraction of sp³-hybridized carbons (Fsp3) is 0.549. The van der Waals surface area contributed by atoms with Gasteiger partial charge in [-0.2, -0.15) is 20.0 Å². The van der Waals surface area contributed by atoms with Crippen molar-refractivity contribution in [1.82, 2.24) is 82.0 Å². The maximum absolute atomic E-state index is 13.9. The topological polar surface area (TPSA) is 319 Å². The van der Waals surface area contributed by atoms with Crippen LogP contribution in [0.2, 0.25) is 0 Å². The SMILES string of the molecule is C.C.C.C.C.CCc1c(-c2cc(Nc3cc4n(n3)CCN(CCCOC)C4)c(=O)n(C)c2)ccnc1N1CCn2c(cc3c2CC(C)(C)C3)C1=O.COCCCN1CCn2nc(N)cc2C1.COCCCN1CCn2nc(Nc3cc(Br)cn(C)c3=O)cc2C1.COCCCN1CCn2nc([N+](=O)[O-])cc2C1.Cn1cc(Br)cc(Br)c1=O. The smallest absolute Gasteiger partial charge is 0.385 e. The van der Waals surface area contributed by atoms with Crippen LogP contribution >= 0.6 is 47.8 Å². The number of hydrogen-bond acceptors (Lipinski definition) is 22. The van der Waals surface area contributed by atoms with Crippen LogP contribution in [0.5, 0.6) is 0 Å². The van der Waals surface area contributed by atoms with Crippen LogP contribution in [0.4, 0.5) is 40.5 Å². The third-order valence-corrected chi connectivity index (χ3v) is 22.0. The van der Waals surface area contributed by atoms with Gasteiger partial charge in [0, 0.05) is 236 Å². The van der Waals surface area contributed by atoms with Crippen LogP contribution in [0.3, 0.4) is 0 Å². The van der Waals surface area contributed by atoms with E-state index in [4.69, 9.17) is 34.8 Å². The monoisotopic (exact) mass is 1810 g/mol. The fourth-order valence-corrected chi connectivity index (χ4v) is 17.0. The summed E-state index contributed by atoms with van der Waals surface area (Å²) in [6.07, 6.45) is 13.9. The number of anilines is 6. The molecule has 0 saturated heterocycles. The molecule has 9 aromatic heterocycles. The van der Waals surface area contributed by atoms with Crippen molar-refractivity contribution in [2.24, 2.45) is 26.6 Å². The van der Waals surface area contributed by atoms with E-state index in [9.17, 15) is 29.3 Å². The number of nitrogen functional groups attached to an aromatic ring is 1. The van der Waals surface area contributed by atoms with E-state index in [-0.39, 0.29) is 71.0 Å². The highest BCUT2D eigenvalue weighted by Crippen LogP contribution is 2.41. The number of nitro groups is 1. The fourth-order valence-electron chi connectivity index (χ4n) is 15.1. The van der Waals surface area contributed by atoms with Crippen molar-refractivity contribution in [2.45, 2.75) is 162 Å². The van der Waals surface area contributed by atoms with Gasteiger partial charge in [0.1, 0.15) is 28.7 Å². The van der Waals surface area contributed by atoms with Gasteiger partial charge in [-0.05, 0) is 145 Å². The molecular formula is C82H125Br3N22O10. The Morgan fingerprint density at radius 1 is 0.538 bits per heavy atom. The molecule has 15 rings (SSSR count). The maximum Gasteiger partial charge on any atom is 0.390 e. The lowest BCUT2D eigenvalue weighted by Crippen LogP contribution is -2.41. The first-order chi connectivity index (χ1) is 53.8. The summed E-state index contributed by atoms with van der Waals surface area (Å²) in [6, 6.07) is 17.0. The lowest BCUT2D eigenvalue weighted by atomic mass is 9.90. The summed E-state index contributed by atoms with van der Waals surface area (Å²) in [5.74, 6) is 2.63. The number of methoxy groups -OCH3 is 4. The number of nitrogens with one attached hydrogen (secondary N) is 2. The summed E-state index contributed by atoms with van der Waals surface area (Å²) in [5.41, 5.74) is 17.2. The summed E-state index contributed by atoms with van der Waals surface area (Å²) in [7, 11) is 12.1. The van der Waals surface area contributed by atoms with Gasteiger partial charge in [-0.1, -0.05) is 57.9 Å². The van der Waals surface area contributed by atoms with E-state index >= 15 is 0 Å². The molecule has 32 nitrogen and oxygen atoms in total. The Labute approximate surface area is 714 Å². The summed E-state index contributed by atoms with van der Waals surface area (Å²) in [5, 5.41) is 34.6. The third-order valence-electron chi connectivity index (χ3n) is 20.5. The van der Waals surface area contributed by atoms with Crippen molar-refractivity contribution in [2.75, 3.05) is 135 Å². The highest BCUT2D eigenvalue weighted by atomic mass is 79.9. The normalized spacial score (nSPS) is 15.1. The molecule has 0 fully saturated rings. The lowest BCUT2D eigenvalue weighted by Gasteiger charge is -2.31. The van der Waals surface area contributed by atoms with Gasteiger partial charge < -0.3 is 63.7 Å². The van der Waals surface area contributed by atoms with Gasteiger partial charge in [0.25, 0.3) is 22.6 Å². The number of amides is 1. The Morgan fingerprint density at radius 2 is 0.983 bits per heavy atom. The highest BCUT2D eigenvalue weighted by Gasteiger charge is 2.38. The average molecular weight is 1820 g/mol. The molecule has 0 spiro atoms. The lowest BCUT2D eigenvalue weighted by molar-refractivity contribution is -0.389. The number of hydrogen-bond donors (Lipinski definition) is 3. The highest BCUT2D eigenvalue weighted by molar-refractivity contribution is 9.11. The van der Waals surface area contributed by atoms with Gasteiger partial charge in [0.2, 0.25) is 0 Å². The molecule has 0 aromatic carbocycles. The predicted molar refractivity (Wildman–Crippen MR) is 475 cm³/mol. The second-order valence-corrected chi connectivity index (χ2v) is 32.3. The standard InChI is InChI=1S/C35H44N8O3.C16H22BrN5O2.C10H16N4O3.C10H18N4O.C6H5Br2NO.5CH4/c1-6-26-27(8-9-36-32(26)42-13-12-41-29(34(42)45)17-23-19-35(2,3)20-30(23)41)24-16-28(33(44)39(4)21-24)37-31-18-25-22-40(10-7-15-46-5)11-14-43(25)38-31;1-20-10-12(17)8-14(16(20)23)18-15-9-13-11-21(4-3-7-24-2)5-6-22(13)19-15;1-17-6-2-3-12-4-5-13-9(8-12)7-10(11-13)14(15)16;1-15-6-2-3-13-4-5-14-9(8-13)7-10(11)12-14;1-9-3-4(7)2-5(8)6(9)10;;;;;/h8-9,16-18,21H,6-7,10-15,19-20,22H2,1-5H3,(H,37,38);8-10H,3-7,11H2,1-2H3,(H,18,19);7H,2-6,8H2,1H3;7H,2-6,8H2,1H3,(H2,11,12);2-3H,1H3;5*1H4. The number of aromatic nitrogens is 13. The van der Waals surface area contributed by atoms with Crippen molar-refractivity contribution in [1.29, 1.82) is 0 Å². The number of rotatable bonds is 24. The molecule has 0 bridgehead atoms. The van der Waals surface area contributed by atoms with Gasteiger partial charge in [0.15, 0.2) is 11.6 Å². The van der Waals surface area contributed by atoms with Crippen molar-refractivity contribution in [3.63, 3.8) is 0 Å². The van der Waals surface area contributed by atoms with Crippen LogP contribution in [-0.4, -0.2) is 207 Å². The minimum Gasteiger partial charge on any atom is -0.385 e. The van der Waals surface area contributed by atoms with E-state index in [1.54, 1.807) is 100 Å². The van der Waals surface area contributed by atoms with Gasteiger partial charge >= 0.3 is 5.82 Å². The van der Waals surface area contributed by atoms with Crippen LogP contribution in [0.25, 0.3) is 11.1 Å². The van der Waals surface area contributed by atoms with Gasteiger partial charge in [-0.25, -0.2) is 4.98 Å². The Hall–Kier alpha value is -8.49. The molecule has 6 aliphatic rings. The van der Waals surface area contributed by atoms with Crippen molar-refractivity contribution >= 4 is 94.2 Å². The summed E-state index contributed by atoms with van der Waals surface area (Å²) in [6.45, 7) is 25.7. The molecule has 0 saturated carbocycles. The molecule has 0 radical (unpaired) electrons. The van der Waals surface area contributed by atoms with Crippen LogP contribution in [-0.2, 0) is 118 Å². The first-order valence-electron chi connectivity index (χ1n) is 38.0. The molecular weight excluding hydrogens is 1690 g/mol. The first kappa shape index (κ1) is 97.3. The molecule has 117 heavy (non-hydrogen) atoms. The predicted octanol–water partition coefficient (Wildman–Crippen LogP) is 12.4. The minimum atomic E-state index is -0.444. The van der Waals surface area contributed by atoms with Gasteiger partial charge in [-0.15, -0.1) is 0 Å². The largest absolute Gasteiger partial charge is 0.390 e. The second-order valence-electron chi connectivity index (χ2n) is 29.6. The third kappa shape index (κ3) is 25.1. The number of aryl methyl sites for hydroxylation is 3. The minimum absolute atomic E-state index is 0. The van der Waals surface area contributed by atoms with Gasteiger partial charge in [-0.3, -0.25) is 57.7 Å². The van der Waals surface area contributed by atoms with E-state index in [2.05, 4.69) is 125 Å². The average Bonchev–Trinajstić information content (AvgIpc) is 1.62. The molecule has 14 heterocycles. The van der Waals surface area contributed by atoms with E-state index < -0.39 is 4.92 Å². The number of carbonyl (C=O) groups is 1. The quantitative estimate of drug-likeness (QED) is 0.0287. The van der Waals surface area contributed by atoms with E-state index in [0.717, 1.165) is 225 Å². The Kier molecular flexibility index (Phi) is 37.5. The molecule has 35 heteroatoms. The number of halogens is 3. The molecule has 0 atom stereocenters. The number of carbonyl (C=O) groups excluding carboxylic acids is 1. The summed E-state index contributed by atoms with van der Waals surface area (Å²) < 4.78 is 37.3. The molecule has 0 unspecified atom stereocenters. The number of nitrogens with two attached hydrogens (primary N) is 1. The first-order valence-corrected chi connectivity index (χ1v) is 40.4. The summed E-state index contributed by atoms with van der Waals surface area (Å²) >= 11 is 9.80. The number of pyridine rings is 4. The maximum atomic E-state index is 13.9. The summed E-state index contributed by atoms with van der Waals surface area (Å²) in [4.78, 5) is 76.7. The number of fused-ring (bicyclic) bond motifs is 7. The van der Waals surface area contributed by atoms with E-state index in [1.165, 1.54) is 21.5 Å². The zero-order valence-corrected chi connectivity index (χ0v) is 70.6. The van der Waals surface area contributed by atoms with Crippen LogP contribution in [0.15, 0.2) is 107 Å². The number of nitrogens with zero attached hydrogens (tertiary/aromatic N) is 19. The van der Waals surface area contributed by atoms with Gasteiger partial charge in [0.05, 0.1) is 64.6 Å². The Balaban J connectivity index is 0.000000251. The molecule has 1 aliphatic carbocycles. The zero-order chi connectivity index (χ0) is 79.9.